The van der Waals surface area contributed by atoms with Gasteiger partial charge in [-0.3, -0.25) is 20.1 Å². The van der Waals surface area contributed by atoms with Crippen LogP contribution >= 0.6 is 0 Å². The number of likely N-dealkylation sites (N-methyl/N-ethyl adjacent to an activating group) is 1. The molecule has 10 heteroatoms. The summed E-state index contributed by atoms with van der Waals surface area (Å²) >= 11 is 0. The second-order valence-corrected chi connectivity index (χ2v) is 9.07. The van der Waals surface area contributed by atoms with Crippen LogP contribution in [0.25, 0.3) is 55.7 Å². The Morgan fingerprint density at radius 2 is 1.81 bits per heavy atom. The predicted molar refractivity (Wildman–Crippen MR) is 142 cm³/mol. The van der Waals surface area contributed by atoms with Gasteiger partial charge >= 0.3 is 0 Å². The molecule has 0 spiro atoms. The zero-order valence-corrected chi connectivity index (χ0v) is 20.3. The Labute approximate surface area is 211 Å². The van der Waals surface area contributed by atoms with Gasteiger partial charge in [-0.15, -0.1) is 0 Å². The summed E-state index contributed by atoms with van der Waals surface area (Å²) in [6.45, 7) is 1.56. The molecular formula is C27H24FN9. The zero-order valence-electron chi connectivity index (χ0n) is 20.3. The van der Waals surface area contributed by atoms with Gasteiger partial charge in [-0.05, 0) is 50.0 Å². The minimum atomic E-state index is -0.306. The molecule has 0 radical (unpaired) electrons. The molecule has 184 valence electrons. The summed E-state index contributed by atoms with van der Waals surface area (Å²) in [5, 5.41) is 12.6. The van der Waals surface area contributed by atoms with Crippen molar-refractivity contribution in [3.05, 3.63) is 73.3 Å². The lowest BCUT2D eigenvalue weighted by atomic mass is 10.0. The van der Waals surface area contributed by atoms with E-state index in [2.05, 4.69) is 45.3 Å². The highest BCUT2D eigenvalue weighted by molar-refractivity contribution is 6.00. The lowest BCUT2D eigenvalue weighted by molar-refractivity contribution is 0.425. The Bertz CT molecular complexity index is 1710. The van der Waals surface area contributed by atoms with Crippen molar-refractivity contribution in [3.8, 4) is 33.8 Å². The van der Waals surface area contributed by atoms with E-state index in [1.807, 2.05) is 32.3 Å². The van der Waals surface area contributed by atoms with Gasteiger partial charge in [0, 0.05) is 65.5 Å². The summed E-state index contributed by atoms with van der Waals surface area (Å²) in [7, 11) is 4.01. The van der Waals surface area contributed by atoms with Crippen LogP contribution in [-0.4, -0.2) is 67.2 Å². The molecule has 0 aliphatic heterocycles. The number of nitrogens with zero attached hydrogens (tertiary/aromatic N) is 6. The first-order valence-electron chi connectivity index (χ1n) is 11.8. The summed E-state index contributed by atoms with van der Waals surface area (Å²) in [6.07, 6.45) is 10.2. The fraction of sp³-hybridized carbons (Fsp3) is 0.148. The average molecular weight is 494 g/mol. The number of nitrogens with one attached hydrogen (secondary N) is 3. The zero-order chi connectivity index (χ0) is 25.4. The maximum Gasteiger partial charge on any atom is 0.181 e. The molecule has 1 aromatic carbocycles. The quantitative estimate of drug-likeness (QED) is 0.295. The van der Waals surface area contributed by atoms with Crippen LogP contribution in [-0.2, 0) is 0 Å². The van der Waals surface area contributed by atoms with Crippen LogP contribution in [0.5, 0.6) is 0 Å². The molecule has 0 fully saturated rings. The van der Waals surface area contributed by atoms with Crippen molar-refractivity contribution < 1.29 is 4.39 Å². The van der Waals surface area contributed by atoms with Crippen LogP contribution in [0.1, 0.15) is 0 Å². The van der Waals surface area contributed by atoms with Crippen molar-refractivity contribution in [1.29, 1.82) is 0 Å². The number of hydrogen-bond acceptors (Lipinski definition) is 7. The Hall–Kier alpha value is -4.70. The largest absolute Gasteiger partial charge is 0.384 e. The van der Waals surface area contributed by atoms with Crippen LogP contribution in [0, 0.1) is 5.82 Å². The number of anilines is 1. The van der Waals surface area contributed by atoms with Gasteiger partial charge in [0.25, 0.3) is 0 Å². The Morgan fingerprint density at radius 3 is 2.65 bits per heavy atom. The topological polar surface area (TPSA) is 111 Å². The van der Waals surface area contributed by atoms with Crippen LogP contribution in [0.4, 0.5) is 10.1 Å². The number of benzene rings is 1. The van der Waals surface area contributed by atoms with Gasteiger partial charge < -0.3 is 15.2 Å². The number of H-pyrrole nitrogens is 2. The standard InChI is InChI=1S/C27H24FN9/c1-37(2)6-5-31-19-8-16(7-18(28)10-19)22-13-30-15-25-20(22)11-23(34-25)26-21-9-17(12-33-27(21)36-35-26)24-14-29-3-4-32-24/h3-4,7-15,31,34H,5-6H2,1-2H3,(H,33,35,36). The molecule has 9 nitrogen and oxygen atoms in total. The third-order valence-corrected chi connectivity index (χ3v) is 6.18. The number of hydrogen-bond donors (Lipinski definition) is 3. The van der Waals surface area contributed by atoms with Gasteiger partial charge in [0.15, 0.2) is 5.65 Å². The van der Waals surface area contributed by atoms with Gasteiger partial charge in [-0.25, -0.2) is 9.37 Å². The molecule has 0 amide bonds. The molecule has 6 rings (SSSR count). The highest BCUT2D eigenvalue weighted by Crippen LogP contribution is 2.35. The Morgan fingerprint density at radius 1 is 0.892 bits per heavy atom. The second-order valence-electron chi connectivity index (χ2n) is 9.07. The van der Waals surface area contributed by atoms with Gasteiger partial charge in [-0.2, -0.15) is 5.10 Å². The van der Waals surface area contributed by atoms with Crippen LogP contribution < -0.4 is 5.32 Å². The van der Waals surface area contributed by atoms with E-state index < -0.39 is 0 Å². The molecule has 37 heavy (non-hydrogen) atoms. The first-order chi connectivity index (χ1) is 18.0. The third-order valence-electron chi connectivity index (χ3n) is 6.18. The Balaban J connectivity index is 1.41. The normalized spacial score (nSPS) is 11.6. The number of aromatic nitrogens is 7. The van der Waals surface area contributed by atoms with Crippen LogP contribution in [0.15, 0.2) is 67.5 Å². The molecular weight excluding hydrogens is 469 g/mol. The Kier molecular flexibility index (Phi) is 5.78. The summed E-state index contributed by atoms with van der Waals surface area (Å²) < 4.78 is 14.6. The molecule has 6 aromatic rings. The van der Waals surface area contributed by atoms with Crippen molar-refractivity contribution in [2.24, 2.45) is 0 Å². The summed E-state index contributed by atoms with van der Waals surface area (Å²) in [4.78, 5) is 22.9. The van der Waals surface area contributed by atoms with Gasteiger partial charge in [0.05, 0.1) is 35.0 Å². The molecule has 0 aliphatic rings. The number of halogens is 1. The van der Waals surface area contributed by atoms with E-state index in [1.54, 1.807) is 37.2 Å². The predicted octanol–water partition coefficient (Wildman–Crippen LogP) is 4.74. The smallest absolute Gasteiger partial charge is 0.181 e. The van der Waals surface area contributed by atoms with Crippen molar-refractivity contribution >= 4 is 27.6 Å². The fourth-order valence-corrected chi connectivity index (χ4v) is 4.38. The van der Waals surface area contributed by atoms with Gasteiger partial charge in [0.1, 0.15) is 5.82 Å². The molecule has 3 N–H and O–H groups in total. The lowest BCUT2D eigenvalue weighted by Gasteiger charge is -2.13. The van der Waals surface area contributed by atoms with Crippen molar-refractivity contribution in [2.45, 2.75) is 0 Å². The van der Waals surface area contributed by atoms with Crippen LogP contribution in [0.2, 0.25) is 0 Å². The summed E-state index contributed by atoms with van der Waals surface area (Å²) in [5.41, 5.74) is 6.93. The lowest BCUT2D eigenvalue weighted by Crippen LogP contribution is -2.20. The first-order valence-corrected chi connectivity index (χ1v) is 11.8. The van der Waals surface area contributed by atoms with E-state index in [9.17, 15) is 4.39 Å². The molecule has 0 saturated carbocycles. The van der Waals surface area contributed by atoms with Crippen LogP contribution in [0.3, 0.4) is 0 Å². The van der Waals surface area contributed by atoms with E-state index in [-0.39, 0.29) is 5.82 Å². The summed E-state index contributed by atoms with van der Waals surface area (Å²) in [5.74, 6) is -0.306. The monoisotopic (exact) mass is 493 g/mol. The number of pyridine rings is 2. The SMILES string of the molecule is CN(C)CCNc1cc(F)cc(-c2cncc3[nH]c(-c4[nH]nc5ncc(-c6cnccn6)cc45)cc23)c1. The van der Waals surface area contributed by atoms with E-state index >= 15 is 0 Å². The maximum atomic E-state index is 14.6. The minimum Gasteiger partial charge on any atom is -0.384 e. The van der Waals surface area contributed by atoms with E-state index in [0.29, 0.717) is 12.2 Å². The molecule has 0 saturated heterocycles. The number of rotatable bonds is 7. The molecule has 0 unspecified atom stereocenters. The maximum absolute atomic E-state index is 14.6. The van der Waals surface area contributed by atoms with Crippen molar-refractivity contribution in [3.63, 3.8) is 0 Å². The average Bonchev–Trinajstić information content (AvgIpc) is 3.52. The minimum absolute atomic E-state index is 0.306. The van der Waals surface area contributed by atoms with E-state index in [1.165, 1.54) is 12.1 Å². The van der Waals surface area contributed by atoms with Crippen molar-refractivity contribution in [2.75, 3.05) is 32.5 Å². The summed E-state index contributed by atoms with van der Waals surface area (Å²) in [6, 6.07) is 9.01. The molecule has 5 heterocycles. The molecule has 0 aliphatic carbocycles. The van der Waals surface area contributed by atoms with Crippen molar-refractivity contribution in [1.82, 2.24) is 40.0 Å². The molecule has 5 aromatic heterocycles. The number of fused-ring (bicyclic) bond motifs is 2. The molecule has 0 atom stereocenters. The fourth-order valence-electron chi connectivity index (χ4n) is 4.38. The van der Waals surface area contributed by atoms with Gasteiger partial charge in [-0.1, -0.05) is 0 Å². The highest BCUT2D eigenvalue weighted by Gasteiger charge is 2.16. The highest BCUT2D eigenvalue weighted by atomic mass is 19.1. The van der Waals surface area contributed by atoms with Gasteiger partial charge in [0.2, 0.25) is 0 Å². The second kappa shape index (κ2) is 9.40. The molecule has 0 bridgehead atoms. The number of aromatic amines is 2. The van der Waals surface area contributed by atoms with E-state index in [0.717, 1.165) is 62.3 Å². The first kappa shape index (κ1) is 22.7. The third kappa shape index (κ3) is 4.50. The van der Waals surface area contributed by atoms with E-state index in [4.69, 9.17) is 0 Å².